The fourth-order valence-corrected chi connectivity index (χ4v) is 2.03. The minimum Gasteiger partial charge on any atom is -0.508 e. The van der Waals surface area contributed by atoms with Gasteiger partial charge in [0.1, 0.15) is 11.5 Å². The van der Waals surface area contributed by atoms with Gasteiger partial charge in [-0.25, -0.2) is 0 Å². The maximum absolute atomic E-state index is 11.4. The van der Waals surface area contributed by atoms with Crippen LogP contribution in [-0.4, -0.2) is 17.5 Å². The molecule has 0 bridgehead atoms. The summed E-state index contributed by atoms with van der Waals surface area (Å²) < 4.78 is 5.63. The first-order valence-electron chi connectivity index (χ1n) is 5.39. The van der Waals surface area contributed by atoms with Crippen LogP contribution < -0.4 is 4.74 Å². The largest absolute Gasteiger partial charge is 0.508 e. The molecule has 0 atom stereocenters. The highest BCUT2D eigenvalue weighted by atomic mass is 16.5. The minimum atomic E-state index is -0.0315. The molecule has 0 saturated carbocycles. The Bertz CT molecular complexity index is 447. The van der Waals surface area contributed by atoms with Gasteiger partial charge in [0.25, 0.3) is 0 Å². The molecule has 0 unspecified atom stereocenters. The molecule has 0 fully saturated rings. The van der Waals surface area contributed by atoms with Gasteiger partial charge in [0.15, 0.2) is 5.78 Å². The van der Waals surface area contributed by atoms with E-state index in [0.29, 0.717) is 17.9 Å². The van der Waals surface area contributed by atoms with Gasteiger partial charge in [0.2, 0.25) is 0 Å². The predicted octanol–water partition coefficient (Wildman–Crippen LogP) is 2.56. The van der Waals surface area contributed by atoms with E-state index in [-0.39, 0.29) is 16.9 Å². The molecule has 0 saturated heterocycles. The molecule has 1 aliphatic rings. The average molecular weight is 220 g/mol. The second-order valence-corrected chi connectivity index (χ2v) is 5.13. The van der Waals surface area contributed by atoms with Crippen LogP contribution in [0.5, 0.6) is 11.5 Å². The Hall–Kier alpha value is -1.51. The summed E-state index contributed by atoms with van der Waals surface area (Å²) >= 11 is 0. The number of Topliss-reactive ketones (excluding diaryl/α,β-unsaturated/α-hetero) is 1. The Morgan fingerprint density at radius 3 is 2.75 bits per heavy atom. The average Bonchev–Trinajstić information content (AvgIpc) is 2.18. The highest BCUT2D eigenvalue weighted by Gasteiger charge is 2.30. The van der Waals surface area contributed by atoms with E-state index in [1.165, 1.54) is 6.92 Å². The molecule has 0 aliphatic carbocycles. The molecule has 1 aliphatic heterocycles. The first kappa shape index (κ1) is 11.0. The quantitative estimate of drug-likeness (QED) is 0.740. The van der Waals surface area contributed by atoms with Gasteiger partial charge in [-0.1, -0.05) is 13.8 Å². The van der Waals surface area contributed by atoms with Crippen LogP contribution in [-0.2, 0) is 6.42 Å². The van der Waals surface area contributed by atoms with E-state index < -0.39 is 0 Å². The number of ketones is 1. The van der Waals surface area contributed by atoms with Crippen molar-refractivity contribution in [3.8, 4) is 11.5 Å². The van der Waals surface area contributed by atoms with E-state index in [9.17, 15) is 9.90 Å². The van der Waals surface area contributed by atoms with Crippen LogP contribution in [0.25, 0.3) is 0 Å². The van der Waals surface area contributed by atoms with Crippen molar-refractivity contribution in [2.75, 3.05) is 6.61 Å². The number of phenols is 1. The van der Waals surface area contributed by atoms with Crippen molar-refractivity contribution in [3.05, 3.63) is 23.3 Å². The minimum absolute atomic E-state index is 0.000107. The standard InChI is InChI=1S/C13H16O3/c1-8(14)9-4-5-11(15)10-6-13(2,3)7-16-12(9)10/h4-5,15H,6-7H2,1-3H3. The van der Waals surface area contributed by atoms with Crippen molar-refractivity contribution < 1.29 is 14.6 Å². The van der Waals surface area contributed by atoms with Crippen LogP contribution >= 0.6 is 0 Å². The van der Waals surface area contributed by atoms with Crippen LogP contribution in [0.1, 0.15) is 36.7 Å². The molecule has 3 heteroatoms. The van der Waals surface area contributed by atoms with Crippen LogP contribution in [0.15, 0.2) is 12.1 Å². The fraction of sp³-hybridized carbons (Fsp3) is 0.462. The van der Waals surface area contributed by atoms with E-state index >= 15 is 0 Å². The summed E-state index contributed by atoms with van der Waals surface area (Å²) in [7, 11) is 0. The molecule has 0 amide bonds. The first-order chi connectivity index (χ1) is 7.41. The molecule has 2 rings (SSSR count). The summed E-state index contributed by atoms with van der Waals surface area (Å²) in [5.74, 6) is 0.746. The van der Waals surface area contributed by atoms with Gasteiger partial charge in [-0.2, -0.15) is 0 Å². The zero-order valence-corrected chi connectivity index (χ0v) is 9.83. The van der Waals surface area contributed by atoms with Gasteiger partial charge in [-0.15, -0.1) is 0 Å². The van der Waals surface area contributed by atoms with Crippen LogP contribution in [0.4, 0.5) is 0 Å². The zero-order chi connectivity index (χ0) is 11.9. The monoisotopic (exact) mass is 220 g/mol. The SMILES string of the molecule is CC(=O)c1ccc(O)c2c1OCC(C)(C)C2. The predicted molar refractivity (Wildman–Crippen MR) is 61.1 cm³/mol. The highest BCUT2D eigenvalue weighted by Crippen LogP contribution is 2.41. The Morgan fingerprint density at radius 2 is 2.12 bits per heavy atom. The number of phenolic OH excluding ortho intramolecular Hbond substituents is 1. The van der Waals surface area contributed by atoms with Gasteiger partial charge >= 0.3 is 0 Å². The molecular formula is C13H16O3. The Balaban J connectivity index is 2.56. The summed E-state index contributed by atoms with van der Waals surface area (Å²) in [6.07, 6.45) is 0.731. The molecule has 0 spiro atoms. The van der Waals surface area contributed by atoms with Crippen molar-refractivity contribution in [1.29, 1.82) is 0 Å². The highest BCUT2D eigenvalue weighted by molar-refractivity contribution is 5.97. The third-order valence-electron chi connectivity index (χ3n) is 2.88. The lowest BCUT2D eigenvalue weighted by molar-refractivity contribution is 0.0998. The number of benzene rings is 1. The second kappa shape index (κ2) is 3.51. The lowest BCUT2D eigenvalue weighted by atomic mass is 9.83. The fourth-order valence-electron chi connectivity index (χ4n) is 2.03. The number of carbonyl (C=O) groups is 1. The maximum atomic E-state index is 11.4. The van der Waals surface area contributed by atoms with Crippen LogP contribution in [0, 0.1) is 5.41 Å². The van der Waals surface area contributed by atoms with Crippen LogP contribution in [0.2, 0.25) is 0 Å². The Kier molecular flexibility index (Phi) is 2.41. The van der Waals surface area contributed by atoms with Gasteiger partial charge < -0.3 is 9.84 Å². The van der Waals surface area contributed by atoms with E-state index in [2.05, 4.69) is 13.8 Å². The number of carbonyl (C=O) groups excluding carboxylic acids is 1. The van der Waals surface area contributed by atoms with Gasteiger partial charge in [0.05, 0.1) is 12.2 Å². The van der Waals surface area contributed by atoms with Crippen molar-refractivity contribution >= 4 is 5.78 Å². The number of hydrogen-bond acceptors (Lipinski definition) is 3. The van der Waals surface area contributed by atoms with E-state index in [1.807, 2.05) is 0 Å². The number of fused-ring (bicyclic) bond motifs is 1. The summed E-state index contributed by atoms with van der Waals surface area (Å²) in [6.45, 7) is 6.24. The topological polar surface area (TPSA) is 46.5 Å². The molecule has 86 valence electrons. The van der Waals surface area contributed by atoms with E-state index in [0.717, 1.165) is 12.0 Å². The first-order valence-corrected chi connectivity index (χ1v) is 5.39. The summed E-state index contributed by atoms with van der Waals surface area (Å²) in [5.41, 5.74) is 1.31. The Labute approximate surface area is 95.0 Å². The zero-order valence-electron chi connectivity index (χ0n) is 9.83. The second-order valence-electron chi connectivity index (χ2n) is 5.13. The summed E-state index contributed by atoms with van der Waals surface area (Å²) in [5, 5.41) is 9.80. The number of aromatic hydroxyl groups is 1. The van der Waals surface area contributed by atoms with Crippen molar-refractivity contribution in [2.24, 2.45) is 5.41 Å². The van der Waals surface area contributed by atoms with E-state index in [1.54, 1.807) is 12.1 Å². The summed E-state index contributed by atoms with van der Waals surface area (Å²) in [6, 6.07) is 3.19. The number of hydrogen-bond donors (Lipinski definition) is 1. The lowest BCUT2D eigenvalue weighted by Gasteiger charge is -2.32. The Morgan fingerprint density at radius 1 is 1.44 bits per heavy atom. The van der Waals surface area contributed by atoms with Gasteiger partial charge in [-0.05, 0) is 25.5 Å². The molecule has 1 aromatic carbocycles. The smallest absolute Gasteiger partial charge is 0.163 e. The van der Waals surface area contributed by atoms with Crippen molar-refractivity contribution in [3.63, 3.8) is 0 Å². The molecule has 1 N–H and O–H groups in total. The van der Waals surface area contributed by atoms with Crippen LogP contribution in [0.3, 0.4) is 0 Å². The molecular weight excluding hydrogens is 204 g/mol. The third kappa shape index (κ3) is 1.77. The molecule has 16 heavy (non-hydrogen) atoms. The van der Waals surface area contributed by atoms with Gasteiger partial charge in [-0.3, -0.25) is 4.79 Å². The number of rotatable bonds is 1. The van der Waals surface area contributed by atoms with E-state index in [4.69, 9.17) is 4.74 Å². The third-order valence-corrected chi connectivity index (χ3v) is 2.88. The lowest BCUT2D eigenvalue weighted by Crippen LogP contribution is -2.29. The maximum Gasteiger partial charge on any atom is 0.163 e. The van der Waals surface area contributed by atoms with Crippen molar-refractivity contribution in [1.82, 2.24) is 0 Å². The summed E-state index contributed by atoms with van der Waals surface area (Å²) in [4.78, 5) is 11.4. The number of ether oxygens (including phenoxy) is 1. The molecule has 0 aromatic heterocycles. The molecule has 3 nitrogen and oxygen atoms in total. The normalized spacial score (nSPS) is 17.4. The van der Waals surface area contributed by atoms with Gasteiger partial charge in [0, 0.05) is 11.0 Å². The molecule has 1 heterocycles. The molecule has 1 aromatic rings. The van der Waals surface area contributed by atoms with Crippen molar-refractivity contribution in [2.45, 2.75) is 27.2 Å². The molecule has 0 radical (unpaired) electrons.